The highest BCUT2D eigenvalue weighted by Gasteiger charge is 2.41. The van der Waals surface area contributed by atoms with Crippen LogP contribution in [-0.4, -0.2) is 70.6 Å². The molecule has 0 aliphatic heterocycles. The molecule has 2 aliphatic carbocycles. The summed E-state index contributed by atoms with van der Waals surface area (Å²) in [5.41, 5.74) is 7.02. The number of Topliss-reactive ketones (excluding diaryl/α,β-unsaturated/α-hetero) is 2. The molecule has 0 saturated heterocycles. The van der Waals surface area contributed by atoms with E-state index in [1.54, 1.807) is 50.5 Å². The number of hydrogen-bond acceptors (Lipinski definition) is 10. The molecule has 368 valence electrons. The van der Waals surface area contributed by atoms with E-state index < -0.39 is 35.0 Å². The summed E-state index contributed by atoms with van der Waals surface area (Å²) in [5.74, 6) is -2.19. The zero-order chi connectivity index (χ0) is 51.4. The average molecular weight is 949 g/mol. The molecule has 12 nitrogen and oxygen atoms in total. The van der Waals surface area contributed by atoms with E-state index >= 15 is 0 Å². The molecule has 2 atom stereocenters. The van der Waals surface area contributed by atoms with Gasteiger partial charge in [-0.1, -0.05) is 135 Å². The van der Waals surface area contributed by atoms with Crippen LogP contribution in [0.1, 0.15) is 116 Å². The van der Waals surface area contributed by atoms with Crippen molar-refractivity contribution in [2.75, 3.05) is 13.1 Å². The van der Waals surface area contributed by atoms with Gasteiger partial charge in [0.15, 0.2) is 23.8 Å². The zero-order valence-corrected chi connectivity index (χ0v) is 42.3. The van der Waals surface area contributed by atoms with Gasteiger partial charge in [-0.2, -0.15) is 0 Å². The number of carbonyl (C=O) groups excluding carboxylic acids is 6. The quantitative estimate of drug-likeness (QED) is 0.0962. The van der Waals surface area contributed by atoms with Crippen molar-refractivity contribution in [2.24, 2.45) is 10.8 Å². The molecule has 0 saturated carbocycles. The molecule has 0 radical (unpaired) electrons. The van der Waals surface area contributed by atoms with E-state index in [4.69, 9.17) is 9.47 Å². The Balaban J connectivity index is 1.23. The predicted molar refractivity (Wildman–Crippen MR) is 275 cm³/mol. The zero-order valence-electron chi connectivity index (χ0n) is 42.3. The minimum Gasteiger partial charge on any atom is -0.454 e. The summed E-state index contributed by atoms with van der Waals surface area (Å²) >= 11 is 0. The third-order valence-electron chi connectivity index (χ3n) is 11.9. The summed E-state index contributed by atoms with van der Waals surface area (Å²) in [5, 5.41) is 5.36. The van der Waals surface area contributed by atoms with Gasteiger partial charge in [0.25, 0.3) is 11.8 Å². The number of aromatic nitrogens is 2. The smallest absolute Gasteiger partial charge is 0.308 e. The molecule has 4 rings (SSSR count). The van der Waals surface area contributed by atoms with E-state index in [2.05, 4.69) is 20.6 Å². The number of carbonyl (C=O) groups is 6. The molecule has 2 aromatic heterocycles. The summed E-state index contributed by atoms with van der Waals surface area (Å²) < 4.78 is 11.2. The first-order valence-electron chi connectivity index (χ1n) is 23.5. The highest BCUT2D eigenvalue weighted by atomic mass is 16.6. The van der Waals surface area contributed by atoms with Gasteiger partial charge < -0.3 is 20.1 Å². The molecule has 12 heteroatoms. The van der Waals surface area contributed by atoms with E-state index in [1.807, 2.05) is 140 Å². The van der Waals surface area contributed by atoms with Crippen molar-refractivity contribution in [3.05, 3.63) is 190 Å². The van der Waals surface area contributed by atoms with E-state index in [0.29, 0.717) is 35.1 Å². The summed E-state index contributed by atoms with van der Waals surface area (Å²) in [6, 6.07) is 6.59. The maximum Gasteiger partial charge on any atom is 0.308 e. The van der Waals surface area contributed by atoms with Crippen LogP contribution in [0.15, 0.2) is 179 Å². The maximum absolute atomic E-state index is 13.3. The molecule has 0 unspecified atom stereocenters. The minimum absolute atomic E-state index is 0.0534. The lowest BCUT2D eigenvalue weighted by Gasteiger charge is -2.36. The van der Waals surface area contributed by atoms with Crippen LogP contribution in [0.3, 0.4) is 0 Å². The van der Waals surface area contributed by atoms with Gasteiger partial charge in [-0.3, -0.25) is 38.7 Å². The number of pyridine rings is 2. The number of hydrogen-bond donors (Lipinski definition) is 2. The van der Waals surface area contributed by atoms with E-state index in [0.717, 1.165) is 33.4 Å². The number of ketones is 2. The Morgan fingerprint density at radius 2 is 0.943 bits per heavy atom. The largest absolute Gasteiger partial charge is 0.454 e. The number of allylic oxidation sites excluding steroid dienone is 20. The second kappa shape index (κ2) is 26.4. The van der Waals surface area contributed by atoms with Gasteiger partial charge in [-0.05, 0) is 98.9 Å². The van der Waals surface area contributed by atoms with Crippen LogP contribution in [0.2, 0.25) is 0 Å². The first-order valence-corrected chi connectivity index (χ1v) is 23.5. The summed E-state index contributed by atoms with van der Waals surface area (Å²) in [7, 11) is 0. The van der Waals surface area contributed by atoms with Crippen LogP contribution in [0.5, 0.6) is 0 Å². The van der Waals surface area contributed by atoms with Crippen molar-refractivity contribution in [1.82, 2.24) is 20.6 Å². The number of ether oxygens (including phenoxy) is 2. The number of amides is 2. The Kier molecular flexibility index (Phi) is 20.9. The number of nitrogens with one attached hydrogen (secondary N) is 2. The van der Waals surface area contributed by atoms with Crippen molar-refractivity contribution in [3.8, 4) is 0 Å². The molecular formula is C58H68N4O8. The van der Waals surface area contributed by atoms with Gasteiger partial charge in [-0.25, -0.2) is 0 Å². The monoisotopic (exact) mass is 949 g/mol. The average Bonchev–Trinajstić information content (AvgIpc) is 3.31. The Morgan fingerprint density at radius 3 is 1.30 bits per heavy atom. The van der Waals surface area contributed by atoms with Crippen LogP contribution in [-0.2, 0) is 28.7 Å². The lowest BCUT2D eigenvalue weighted by Crippen LogP contribution is -2.39. The highest BCUT2D eigenvalue weighted by Crippen LogP contribution is 2.42. The summed E-state index contributed by atoms with van der Waals surface area (Å²) in [6.07, 6.45) is 32.8. The fourth-order valence-electron chi connectivity index (χ4n) is 7.95. The third-order valence-corrected chi connectivity index (χ3v) is 11.9. The lowest BCUT2D eigenvalue weighted by atomic mass is 9.71. The van der Waals surface area contributed by atoms with Crippen LogP contribution in [0, 0.1) is 10.8 Å². The molecule has 2 N–H and O–H groups in total. The summed E-state index contributed by atoms with van der Waals surface area (Å²) in [6.45, 7) is 19.9. The van der Waals surface area contributed by atoms with Gasteiger partial charge in [0.2, 0.25) is 0 Å². The van der Waals surface area contributed by atoms with Gasteiger partial charge >= 0.3 is 11.9 Å². The van der Waals surface area contributed by atoms with Gasteiger partial charge in [0.05, 0.1) is 24.0 Å². The molecular weight excluding hydrogens is 881 g/mol. The predicted octanol–water partition coefficient (Wildman–Crippen LogP) is 10.4. The van der Waals surface area contributed by atoms with Crippen LogP contribution in [0.25, 0.3) is 0 Å². The first-order chi connectivity index (χ1) is 33.2. The Labute approximate surface area is 413 Å². The Hall–Kier alpha value is -7.34. The standard InChI is InChI=1S/C58H68N4O8/c1-39(19-13-21-41(3)25-27-47-43(5)53(65)49(35-57(47,7)8)69-51(63)29-33-61-55(67)45-23-15-31-59-37-45)17-11-12-18-40(2)20-14-22-42(4)26-28-48-44(6)54(66)50(36-58(48,9)10)70-52(64)30-34-62-56(68)46-24-16-32-60-38-46/h11-28,31-32,37-38,49-50H,29-30,33-36H2,1-10H3,(H,61,67)(H,62,68)/b12-11+,19-13+,20-14+,27-25+,28-26+,39-17+,40-18+,41-21+,42-22+/t49-,50-/m0/s1. The van der Waals surface area contributed by atoms with E-state index in [9.17, 15) is 28.8 Å². The van der Waals surface area contributed by atoms with Crippen LogP contribution < -0.4 is 10.6 Å². The fraction of sp³-hybridized carbons (Fsp3) is 0.345. The van der Waals surface area contributed by atoms with Crippen molar-refractivity contribution in [3.63, 3.8) is 0 Å². The molecule has 2 heterocycles. The van der Waals surface area contributed by atoms with E-state index in [-0.39, 0.29) is 49.3 Å². The van der Waals surface area contributed by atoms with Crippen molar-refractivity contribution in [2.45, 2.75) is 107 Å². The summed E-state index contributed by atoms with van der Waals surface area (Å²) in [4.78, 5) is 84.1. The molecule has 2 aromatic rings. The maximum atomic E-state index is 13.3. The normalized spacial score (nSPS) is 19.3. The Bertz CT molecular complexity index is 2430. The Morgan fingerprint density at radius 1 is 0.586 bits per heavy atom. The molecule has 0 bridgehead atoms. The molecule has 0 fully saturated rings. The second-order valence-corrected chi connectivity index (χ2v) is 18.8. The molecule has 2 aliphatic rings. The second-order valence-electron chi connectivity index (χ2n) is 18.8. The third kappa shape index (κ3) is 17.3. The highest BCUT2D eigenvalue weighted by molar-refractivity contribution is 6.02. The van der Waals surface area contributed by atoms with Crippen molar-refractivity contribution < 1.29 is 38.2 Å². The molecule has 0 spiro atoms. The van der Waals surface area contributed by atoms with Crippen LogP contribution in [0.4, 0.5) is 0 Å². The first kappa shape index (κ1) is 55.3. The molecule has 70 heavy (non-hydrogen) atoms. The van der Waals surface area contributed by atoms with Gasteiger partial charge in [-0.15, -0.1) is 0 Å². The van der Waals surface area contributed by atoms with Crippen molar-refractivity contribution in [1.29, 1.82) is 0 Å². The van der Waals surface area contributed by atoms with Crippen molar-refractivity contribution >= 4 is 35.3 Å². The topological polar surface area (TPSA) is 171 Å². The van der Waals surface area contributed by atoms with Crippen LogP contribution >= 0.6 is 0 Å². The molecule has 0 aromatic carbocycles. The molecule has 2 amide bonds. The van der Waals surface area contributed by atoms with Gasteiger partial charge in [0.1, 0.15) is 0 Å². The number of esters is 2. The number of rotatable bonds is 20. The SMILES string of the molecule is CC1=C(/C=C/C(C)=C/C=C/C(C)=C/C=C/C=C(C)/C=C/C=C(C)/C=C/C2=C(C)C(=O)[C@@H](OC(=O)CCNC(=O)c3cccnc3)CC2(C)C)C(C)(C)C[C@H](OC(=O)CCNC(=O)c2cccnc2)C1=O. The van der Waals surface area contributed by atoms with Gasteiger partial charge in [0, 0.05) is 50.7 Å². The minimum atomic E-state index is -0.883. The van der Waals surface area contributed by atoms with E-state index in [1.165, 1.54) is 12.4 Å². The fourth-order valence-corrected chi connectivity index (χ4v) is 7.95. The number of nitrogens with zero attached hydrogens (tertiary/aromatic N) is 2. The lowest BCUT2D eigenvalue weighted by molar-refractivity contribution is -0.156.